The Morgan fingerprint density at radius 1 is 1.57 bits per heavy atom. The molecule has 0 aliphatic carbocycles. The lowest BCUT2D eigenvalue weighted by Crippen LogP contribution is -2.50. The van der Waals surface area contributed by atoms with Crippen LogP contribution in [0.5, 0.6) is 0 Å². The van der Waals surface area contributed by atoms with Crippen molar-refractivity contribution in [2.24, 2.45) is 0 Å². The van der Waals surface area contributed by atoms with E-state index >= 15 is 0 Å². The molecule has 2 heterocycles. The second-order valence-corrected chi connectivity index (χ2v) is 5.92. The average molecular weight is 295 g/mol. The van der Waals surface area contributed by atoms with Gasteiger partial charge in [0.2, 0.25) is 11.8 Å². The summed E-state index contributed by atoms with van der Waals surface area (Å²) >= 11 is 0. The molecule has 0 aromatic carbocycles. The predicted molar refractivity (Wildman–Crippen MR) is 76.1 cm³/mol. The van der Waals surface area contributed by atoms with Crippen LogP contribution in [0.15, 0.2) is 10.6 Å². The molecular formula is C14H21N3O4. The number of anilines is 1. The number of carboxylic acids is 1. The summed E-state index contributed by atoms with van der Waals surface area (Å²) in [5.74, 6) is -0.682. The SMILES string of the molecule is CC(C)c1cc(NC(=O)CN2CCCC2(C)C(=O)O)on1. The number of aliphatic carboxylic acids is 1. The summed E-state index contributed by atoms with van der Waals surface area (Å²) in [6.45, 7) is 6.24. The number of carbonyl (C=O) groups excluding carboxylic acids is 1. The van der Waals surface area contributed by atoms with E-state index in [2.05, 4.69) is 10.5 Å². The first-order valence-electron chi connectivity index (χ1n) is 7.08. The average Bonchev–Trinajstić information content (AvgIpc) is 2.98. The van der Waals surface area contributed by atoms with Crippen LogP contribution in [0.3, 0.4) is 0 Å². The Morgan fingerprint density at radius 3 is 2.86 bits per heavy atom. The molecule has 1 aliphatic heterocycles. The summed E-state index contributed by atoms with van der Waals surface area (Å²) in [5, 5.41) is 15.8. The fourth-order valence-electron chi connectivity index (χ4n) is 2.48. The normalized spacial score (nSPS) is 22.7. The van der Waals surface area contributed by atoms with Crippen LogP contribution in [0.1, 0.15) is 45.2 Å². The number of hydrogen-bond acceptors (Lipinski definition) is 5. The second-order valence-electron chi connectivity index (χ2n) is 5.92. The van der Waals surface area contributed by atoms with E-state index in [9.17, 15) is 14.7 Å². The third-order valence-corrected chi connectivity index (χ3v) is 3.97. The molecule has 0 radical (unpaired) electrons. The molecule has 1 aromatic rings. The molecule has 1 unspecified atom stereocenters. The van der Waals surface area contributed by atoms with Gasteiger partial charge in [-0.2, -0.15) is 0 Å². The third kappa shape index (κ3) is 3.24. The lowest BCUT2D eigenvalue weighted by Gasteiger charge is -2.30. The molecule has 1 saturated heterocycles. The molecule has 7 heteroatoms. The maximum atomic E-state index is 12.0. The molecule has 1 aromatic heterocycles. The van der Waals surface area contributed by atoms with E-state index in [1.54, 1.807) is 17.9 Å². The molecule has 1 aliphatic rings. The van der Waals surface area contributed by atoms with Gasteiger partial charge in [-0.15, -0.1) is 0 Å². The zero-order chi connectivity index (χ0) is 15.6. The third-order valence-electron chi connectivity index (χ3n) is 3.97. The molecular weight excluding hydrogens is 274 g/mol. The lowest BCUT2D eigenvalue weighted by atomic mass is 9.99. The van der Waals surface area contributed by atoms with Crippen molar-refractivity contribution in [3.05, 3.63) is 11.8 Å². The van der Waals surface area contributed by atoms with E-state index in [0.29, 0.717) is 18.8 Å². The van der Waals surface area contributed by atoms with E-state index < -0.39 is 11.5 Å². The first-order valence-corrected chi connectivity index (χ1v) is 7.08. The Balaban J connectivity index is 1.96. The van der Waals surface area contributed by atoms with Crippen molar-refractivity contribution in [1.82, 2.24) is 10.1 Å². The van der Waals surface area contributed by atoms with Gasteiger partial charge in [-0.25, -0.2) is 0 Å². The maximum Gasteiger partial charge on any atom is 0.323 e. The van der Waals surface area contributed by atoms with Gasteiger partial charge in [-0.1, -0.05) is 19.0 Å². The number of aromatic nitrogens is 1. The molecule has 2 N–H and O–H groups in total. The second kappa shape index (κ2) is 5.85. The molecule has 116 valence electrons. The number of hydrogen-bond donors (Lipinski definition) is 2. The van der Waals surface area contributed by atoms with Gasteiger partial charge in [0.15, 0.2) is 0 Å². The number of carbonyl (C=O) groups is 2. The Bertz CT molecular complexity index is 540. The van der Waals surface area contributed by atoms with E-state index in [-0.39, 0.29) is 18.4 Å². The van der Waals surface area contributed by atoms with Gasteiger partial charge in [0.25, 0.3) is 0 Å². The highest BCUT2D eigenvalue weighted by atomic mass is 16.5. The van der Waals surface area contributed by atoms with Crippen molar-refractivity contribution in [3.8, 4) is 0 Å². The minimum absolute atomic E-state index is 0.0283. The van der Waals surface area contributed by atoms with Crippen LogP contribution in [-0.4, -0.2) is 45.7 Å². The molecule has 0 saturated carbocycles. The highest BCUT2D eigenvalue weighted by Gasteiger charge is 2.43. The number of nitrogens with zero attached hydrogens (tertiary/aromatic N) is 2. The number of nitrogens with one attached hydrogen (secondary N) is 1. The topological polar surface area (TPSA) is 95.7 Å². The summed E-state index contributed by atoms with van der Waals surface area (Å²) < 4.78 is 5.04. The highest BCUT2D eigenvalue weighted by Crippen LogP contribution is 2.29. The number of rotatable bonds is 5. The first kappa shape index (κ1) is 15.5. The van der Waals surface area contributed by atoms with Crippen LogP contribution in [0.4, 0.5) is 5.88 Å². The van der Waals surface area contributed by atoms with Crippen LogP contribution in [-0.2, 0) is 9.59 Å². The van der Waals surface area contributed by atoms with Crippen LogP contribution < -0.4 is 5.32 Å². The fourth-order valence-corrected chi connectivity index (χ4v) is 2.48. The Hall–Kier alpha value is -1.89. The molecule has 1 atom stereocenters. The van der Waals surface area contributed by atoms with E-state index in [4.69, 9.17) is 4.52 Å². The molecule has 2 rings (SSSR count). The zero-order valence-electron chi connectivity index (χ0n) is 12.5. The van der Waals surface area contributed by atoms with Gasteiger partial charge in [0.1, 0.15) is 5.54 Å². The molecule has 1 fully saturated rings. The fraction of sp³-hybridized carbons (Fsp3) is 0.643. The Labute approximate surface area is 123 Å². The Kier molecular flexibility index (Phi) is 4.32. The molecule has 21 heavy (non-hydrogen) atoms. The molecule has 1 amide bonds. The van der Waals surface area contributed by atoms with Crippen molar-refractivity contribution < 1.29 is 19.2 Å². The summed E-state index contributed by atoms with van der Waals surface area (Å²) in [6, 6.07) is 1.68. The number of likely N-dealkylation sites (tertiary alicyclic amines) is 1. The van der Waals surface area contributed by atoms with Crippen molar-refractivity contribution in [2.75, 3.05) is 18.4 Å². The number of carboxylic acid groups (broad SMARTS) is 1. The molecule has 7 nitrogen and oxygen atoms in total. The monoisotopic (exact) mass is 295 g/mol. The Morgan fingerprint density at radius 2 is 2.29 bits per heavy atom. The predicted octanol–water partition coefficient (Wildman–Crippen LogP) is 1.68. The maximum absolute atomic E-state index is 12.0. The van der Waals surface area contributed by atoms with Crippen LogP contribution in [0, 0.1) is 0 Å². The summed E-state index contributed by atoms with van der Waals surface area (Å²) in [7, 11) is 0. The van der Waals surface area contributed by atoms with E-state index in [1.807, 2.05) is 13.8 Å². The van der Waals surface area contributed by atoms with Crippen molar-refractivity contribution >= 4 is 17.8 Å². The zero-order valence-corrected chi connectivity index (χ0v) is 12.5. The minimum Gasteiger partial charge on any atom is -0.480 e. The molecule has 0 bridgehead atoms. The van der Waals surface area contributed by atoms with Gasteiger partial charge in [0, 0.05) is 6.07 Å². The van der Waals surface area contributed by atoms with Crippen molar-refractivity contribution in [2.45, 2.75) is 45.1 Å². The van der Waals surface area contributed by atoms with Crippen molar-refractivity contribution in [3.63, 3.8) is 0 Å². The lowest BCUT2D eigenvalue weighted by molar-refractivity contribution is -0.149. The number of amides is 1. The minimum atomic E-state index is -0.970. The summed E-state index contributed by atoms with van der Waals surface area (Å²) in [4.78, 5) is 25.1. The molecule has 0 spiro atoms. The van der Waals surface area contributed by atoms with Crippen LogP contribution in [0.25, 0.3) is 0 Å². The summed E-state index contributed by atoms with van der Waals surface area (Å²) in [6.07, 6.45) is 1.32. The van der Waals surface area contributed by atoms with Crippen molar-refractivity contribution in [1.29, 1.82) is 0 Å². The van der Waals surface area contributed by atoms with Gasteiger partial charge in [-0.05, 0) is 32.2 Å². The summed E-state index contributed by atoms with van der Waals surface area (Å²) in [5.41, 5.74) is -0.205. The van der Waals surface area contributed by atoms with Gasteiger partial charge in [0.05, 0.1) is 12.2 Å². The van der Waals surface area contributed by atoms with Crippen LogP contribution in [0.2, 0.25) is 0 Å². The smallest absolute Gasteiger partial charge is 0.323 e. The van der Waals surface area contributed by atoms with Gasteiger partial charge >= 0.3 is 5.97 Å². The quantitative estimate of drug-likeness (QED) is 0.858. The van der Waals surface area contributed by atoms with Crippen LogP contribution >= 0.6 is 0 Å². The van der Waals surface area contributed by atoms with Gasteiger partial charge in [-0.3, -0.25) is 19.8 Å². The van der Waals surface area contributed by atoms with E-state index in [1.165, 1.54) is 0 Å². The first-order chi connectivity index (χ1) is 9.83. The highest BCUT2D eigenvalue weighted by molar-refractivity contribution is 5.91. The van der Waals surface area contributed by atoms with E-state index in [0.717, 1.165) is 12.1 Å². The van der Waals surface area contributed by atoms with Gasteiger partial charge < -0.3 is 9.63 Å². The standard InChI is InChI=1S/C14H21N3O4/c1-9(2)10-7-12(21-16-10)15-11(18)8-17-6-4-5-14(17,3)13(19)20/h7,9H,4-6,8H2,1-3H3,(H,15,18)(H,19,20). The largest absolute Gasteiger partial charge is 0.480 e.